The van der Waals surface area contributed by atoms with Gasteiger partial charge in [0.1, 0.15) is 5.75 Å². The highest BCUT2D eigenvalue weighted by atomic mass is 16.3. The molecule has 1 aliphatic carbocycles. The van der Waals surface area contributed by atoms with E-state index in [9.17, 15) is 9.90 Å². The van der Waals surface area contributed by atoms with Crippen molar-refractivity contribution in [3.8, 4) is 5.75 Å². The topological polar surface area (TPSA) is 65.5 Å². The molecule has 31 heavy (non-hydrogen) atoms. The molecular formula is C26H35N3O2. The number of rotatable bonds is 6. The van der Waals surface area contributed by atoms with Gasteiger partial charge in [-0.05, 0) is 69.8 Å². The molecule has 0 atom stereocenters. The Kier molecular flexibility index (Phi) is 7.23. The molecule has 5 heteroatoms. The number of aromatic hydroxyl groups is 1. The largest absolute Gasteiger partial charge is 0.508 e. The SMILES string of the molecule is Cc1ccc(C(=O)NCC2CCCCC2)c(C2CCN(Cc3ccccc3O)CC2)n1. The van der Waals surface area contributed by atoms with Gasteiger partial charge in [-0.2, -0.15) is 0 Å². The Morgan fingerprint density at radius 1 is 1.06 bits per heavy atom. The lowest BCUT2D eigenvalue weighted by Gasteiger charge is -2.32. The molecule has 1 aromatic heterocycles. The molecule has 0 spiro atoms. The van der Waals surface area contributed by atoms with E-state index in [0.29, 0.717) is 17.6 Å². The van der Waals surface area contributed by atoms with E-state index in [-0.39, 0.29) is 5.91 Å². The Morgan fingerprint density at radius 2 is 1.81 bits per heavy atom. The number of aromatic nitrogens is 1. The Balaban J connectivity index is 1.38. The zero-order valence-electron chi connectivity index (χ0n) is 18.6. The van der Waals surface area contributed by atoms with Crippen molar-refractivity contribution in [1.82, 2.24) is 15.2 Å². The fourth-order valence-electron chi connectivity index (χ4n) is 5.05. The number of aryl methyl sites for hydroxylation is 1. The van der Waals surface area contributed by atoms with Crippen molar-refractivity contribution in [2.24, 2.45) is 5.92 Å². The number of nitrogens with zero attached hydrogens (tertiary/aromatic N) is 2. The number of likely N-dealkylation sites (tertiary alicyclic amines) is 1. The molecule has 166 valence electrons. The first kappa shape index (κ1) is 21.8. The Morgan fingerprint density at radius 3 is 2.55 bits per heavy atom. The van der Waals surface area contributed by atoms with Crippen molar-refractivity contribution in [3.05, 3.63) is 58.9 Å². The molecule has 0 radical (unpaired) electrons. The summed E-state index contributed by atoms with van der Waals surface area (Å²) in [6.07, 6.45) is 8.33. The minimum atomic E-state index is 0.0321. The van der Waals surface area contributed by atoms with Crippen LogP contribution in [0.2, 0.25) is 0 Å². The zero-order valence-corrected chi connectivity index (χ0v) is 18.6. The van der Waals surface area contributed by atoms with Gasteiger partial charge in [-0.3, -0.25) is 14.7 Å². The zero-order chi connectivity index (χ0) is 21.6. The maximum Gasteiger partial charge on any atom is 0.253 e. The van der Waals surface area contributed by atoms with E-state index in [1.54, 1.807) is 6.07 Å². The van der Waals surface area contributed by atoms with E-state index in [2.05, 4.69) is 10.2 Å². The molecule has 2 aromatic rings. The number of piperidine rings is 1. The molecule has 0 bridgehead atoms. The summed E-state index contributed by atoms with van der Waals surface area (Å²) in [6, 6.07) is 11.5. The average molecular weight is 422 g/mol. The number of benzene rings is 1. The van der Waals surface area contributed by atoms with Crippen molar-refractivity contribution < 1.29 is 9.90 Å². The number of phenolic OH excluding ortho intramolecular Hbond substituents is 1. The number of amides is 1. The van der Waals surface area contributed by atoms with E-state index < -0.39 is 0 Å². The number of hydrogen-bond donors (Lipinski definition) is 2. The lowest BCUT2D eigenvalue weighted by molar-refractivity contribution is 0.0940. The standard InChI is InChI=1S/C26H35N3O2/c1-19-11-12-23(26(31)27-17-20-7-3-2-4-8-20)25(28-19)21-13-15-29(16-14-21)18-22-9-5-6-10-24(22)30/h5-6,9-12,20-21,30H,2-4,7-8,13-18H2,1H3,(H,27,31). The van der Waals surface area contributed by atoms with Crippen LogP contribution in [0, 0.1) is 12.8 Å². The van der Waals surface area contributed by atoms with Gasteiger partial charge in [0.05, 0.1) is 11.3 Å². The molecule has 1 saturated heterocycles. The van der Waals surface area contributed by atoms with Gasteiger partial charge >= 0.3 is 0 Å². The Hall–Kier alpha value is -2.40. The van der Waals surface area contributed by atoms with Crippen LogP contribution in [0.5, 0.6) is 5.75 Å². The third-order valence-corrected chi connectivity index (χ3v) is 6.94. The molecule has 1 amide bonds. The van der Waals surface area contributed by atoms with E-state index in [1.807, 2.05) is 37.3 Å². The number of carbonyl (C=O) groups is 1. The van der Waals surface area contributed by atoms with E-state index in [4.69, 9.17) is 4.98 Å². The highest BCUT2D eigenvalue weighted by molar-refractivity contribution is 5.95. The normalized spacial score (nSPS) is 18.7. The van der Waals surface area contributed by atoms with Crippen LogP contribution in [0.15, 0.2) is 36.4 Å². The summed E-state index contributed by atoms with van der Waals surface area (Å²) in [5.41, 5.74) is 3.65. The molecule has 2 aliphatic rings. The van der Waals surface area contributed by atoms with Crippen LogP contribution in [-0.2, 0) is 6.54 Å². The van der Waals surface area contributed by atoms with Gasteiger partial charge in [-0.1, -0.05) is 37.5 Å². The average Bonchev–Trinajstić information content (AvgIpc) is 2.80. The van der Waals surface area contributed by atoms with Gasteiger partial charge in [0, 0.05) is 30.3 Å². The lowest BCUT2D eigenvalue weighted by atomic mass is 9.88. The van der Waals surface area contributed by atoms with Crippen LogP contribution < -0.4 is 5.32 Å². The van der Waals surface area contributed by atoms with Crippen molar-refractivity contribution in [2.45, 2.75) is 64.3 Å². The van der Waals surface area contributed by atoms with E-state index >= 15 is 0 Å². The smallest absolute Gasteiger partial charge is 0.253 e. The third kappa shape index (κ3) is 5.65. The maximum absolute atomic E-state index is 13.0. The first-order valence-electron chi connectivity index (χ1n) is 11.8. The third-order valence-electron chi connectivity index (χ3n) is 6.94. The number of carbonyl (C=O) groups excluding carboxylic acids is 1. The van der Waals surface area contributed by atoms with Crippen LogP contribution >= 0.6 is 0 Å². The second-order valence-corrected chi connectivity index (χ2v) is 9.28. The summed E-state index contributed by atoms with van der Waals surface area (Å²) in [5, 5.41) is 13.3. The fourth-order valence-corrected chi connectivity index (χ4v) is 5.05. The van der Waals surface area contributed by atoms with Crippen LogP contribution in [-0.4, -0.2) is 40.5 Å². The number of nitrogens with one attached hydrogen (secondary N) is 1. The summed E-state index contributed by atoms with van der Waals surface area (Å²) in [6.45, 7) is 5.43. The first-order valence-corrected chi connectivity index (χ1v) is 11.8. The molecule has 2 N–H and O–H groups in total. The summed E-state index contributed by atoms with van der Waals surface area (Å²) < 4.78 is 0. The van der Waals surface area contributed by atoms with Gasteiger partial charge in [0.25, 0.3) is 5.91 Å². The molecule has 5 nitrogen and oxygen atoms in total. The summed E-state index contributed by atoms with van der Waals surface area (Å²) in [7, 11) is 0. The predicted molar refractivity (Wildman–Crippen MR) is 123 cm³/mol. The molecule has 1 saturated carbocycles. The van der Waals surface area contributed by atoms with Gasteiger partial charge in [0.15, 0.2) is 0 Å². The monoisotopic (exact) mass is 421 g/mol. The second-order valence-electron chi connectivity index (χ2n) is 9.28. The molecule has 2 heterocycles. The minimum Gasteiger partial charge on any atom is -0.508 e. The molecule has 4 rings (SSSR count). The molecule has 2 fully saturated rings. The van der Waals surface area contributed by atoms with Crippen molar-refractivity contribution in [1.29, 1.82) is 0 Å². The predicted octanol–water partition coefficient (Wildman–Crippen LogP) is 4.79. The number of phenols is 1. The molecule has 1 aromatic carbocycles. The highest BCUT2D eigenvalue weighted by Gasteiger charge is 2.26. The Labute approximate surface area is 185 Å². The summed E-state index contributed by atoms with van der Waals surface area (Å²) >= 11 is 0. The minimum absolute atomic E-state index is 0.0321. The Bertz CT molecular complexity index is 884. The van der Waals surface area contributed by atoms with E-state index in [1.165, 1.54) is 32.1 Å². The van der Waals surface area contributed by atoms with Gasteiger partial charge < -0.3 is 10.4 Å². The van der Waals surface area contributed by atoms with Gasteiger partial charge in [-0.15, -0.1) is 0 Å². The summed E-state index contributed by atoms with van der Waals surface area (Å²) in [4.78, 5) is 20.2. The number of pyridine rings is 1. The quantitative estimate of drug-likeness (QED) is 0.704. The van der Waals surface area contributed by atoms with Gasteiger partial charge in [-0.25, -0.2) is 0 Å². The van der Waals surface area contributed by atoms with Crippen molar-refractivity contribution >= 4 is 5.91 Å². The van der Waals surface area contributed by atoms with Crippen LogP contribution in [0.1, 0.15) is 78.2 Å². The van der Waals surface area contributed by atoms with Crippen molar-refractivity contribution in [2.75, 3.05) is 19.6 Å². The molecular weight excluding hydrogens is 386 g/mol. The lowest BCUT2D eigenvalue weighted by Crippen LogP contribution is -2.35. The second kappa shape index (κ2) is 10.3. The highest BCUT2D eigenvalue weighted by Crippen LogP contribution is 2.31. The van der Waals surface area contributed by atoms with E-state index in [0.717, 1.165) is 61.5 Å². The number of para-hydroxylation sites is 1. The van der Waals surface area contributed by atoms with Gasteiger partial charge in [0.2, 0.25) is 0 Å². The maximum atomic E-state index is 13.0. The van der Waals surface area contributed by atoms with Crippen LogP contribution in [0.4, 0.5) is 0 Å². The fraction of sp³-hybridized carbons (Fsp3) is 0.538. The van der Waals surface area contributed by atoms with Crippen LogP contribution in [0.25, 0.3) is 0 Å². The first-order chi connectivity index (χ1) is 15.1. The summed E-state index contributed by atoms with van der Waals surface area (Å²) in [5.74, 6) is 1.32. The van der Waals surface area contributed by atoms with Crippen LogP contribution in [0.3, 0.4) is 0 Å². The van der Waals surface area contributed by atoms with Crippen molar-refractivity contribution in [3.63, 3.8) is 0 Å². The molecule has 0 unspecified atom stereocenters. The number of hydrogen-bond acceptors (Lipinski definition) is 4. The molecule has 1 aliphatic heterocycles.